The molecule has 0 radical (unpaired) electrons. The lowest BCUT2D eigenvalue weighted by molar-refractivity contribution is -0.134. The molecule has 2 saturated carbocycles. The van der Waals surface area contributed by atoms with Gasteiger partial charge in [0, 0.05) is 13.5 Å². The van der Waals surface area contributed by atoms with Crippen molar-refractivity contribution in [2.24, 2.45) is 11.8 Å². The van der Waals surface area contributed by atoms with Gasteiger partial charge in [-0.25, -0.2) is 0 Å². The normalized spacial score (nSPS) is 41.4. The summed E-state index contributed by atoms with van der Waals surface area (Å²) in [6, 6.07) is 0. The highest BCUT2D eigenvalue weighted by molar-refractivity contribution is 5.84. The number of fused-ring (bicyclic) bond motifs is 1. The monoisotopic (exact) mass is 168 g/mol. The zero-order valence-corrected chi connectivity index (χ0v) is 7.58. The molecule has 0 aromatic carbocycles. The Morgan fingerprint density at radius 2 is 2.08 bits per heavy atom. The summed E-state index contributed by atoms with van der Waals surface area (Å²) in [5.41, 5.74) is 0. The number of Topliss-reactive ketones (excluding diaryl/α,β-unsaturated/α-hetero) is 1. The van der Waals surface area contributed by atoms with Gasteiger partial charge in [0.25, 0.3) is 0 Å². The Morgan fingerprint density at radius 3 is 2.83 bits per heavy atom. The standard InChI is InChI=1S/C10H16O2/c1-12-10-6-8-4-2-3-7(8)5-9(10)11/h7-8,10H,2-6H2,1H3/t7-,8-,10?/m0/s1. The molecule has 0 spiro atoms. The minimum Gasteiger partial charge on any atom is -0.374 e. The molecule has 0 bridgehead atoms. The van der Waals surface area contributed by atoms with Crippen LogP contribution < -0.4 is 0 Å². The molecule has 0 heterocycles. The molecule has 2 fully saturated rings. The molecule has 3 atom stereocenters. The van der Waals surface area contributed by atoms with Crippen LogP contribution in [0.5, 0.6) is 0 Å². The molecule has 68 valence electrons. The molecule has 2 rings (SSSR count). The summed E-state index contributed by atoms with van der Waals surface area (Å²) in [4.78, 5) is 11.4. The first kappa shape index (κ1) is 8.24. The van der Waals surface area contributed by atoms with E-state index in [1.165, 1.54) is 19.3 Å². The fourth-order valence-electron chi connectivity index (χ4n) is 2.72. The number of carbonyl (C=O) groups is 1. The molecule has 12 heavy (non-hydrogen) atoms. The highest BCUT2D eigenvalue weighted by atomic mass is 16.5. The second kappa shape index (κ2) is 3.17. The topological polar surface area (TPSA) is 26.3 Å². The van der Waals surface area contributed by atoms with E-state index in [0.29, 0.717) is 11.7 Å². The summed E-state index contributed by atoms with van der Waals surface area (Å²) < 4.78 is 5.16. The van der Waals surface area contributed by atoms with Crippen LogP contribution in [0.1, 0.15) is 32.1 Å². The molecule has 0 aromatic heterocycles. The van der Waals surface area contributed by atoms with E-state index in [1.807, 2.05) is 0 Å². The van der Waals surface area contributed by atoms with Gasteiger partial charge >= 0.3 is 0 Å². The van der Waals surface area contributed by atoms with Crippen LogP contribution in [0.15, 0.2) is 0 Å². The predicted molar refractivity (Wildman–Crippen MR) is 45.9 cm³/mol. The van der Waals surface area contributed by atoms with E-state index in [9.17, 15) is 4.79 Å². The van der Waals surface area contributed by atoms with Gasteiger partial charge in [0.15, 0.2) is 5.78 Å². The highest BCUT2D eigenvalue weighted by Crippen LogP contribution is 2.41. The number of hydrogen-bond acceptors (Lipinski definition) is 2. The summed E-state index contributed by atoms with van der Waals surface area (Å²) in [5, 5.41) is 0. The number of carbonyl (C=O) groups excluding carboxylic acids is 1. The number of ether oxygens (including phenoxy) is 1. The molecule has 0 N–H and O–H groups in total. The van der Waals surface area contributed by atoms with Crippen LogP contribution in [0.2, 0.25) is 0 Å². The van der Waals surface area contributed by atoms with Gasteiger partial charge in [-0.2, -0.15) is 0 Å². The maximum Gasteiger partial charge on any atom is 0.161 e. The number of ketones is 1. The number of methoxy groups -OCH3 is 1. The van der Waals surface area contributed by atoms with E-state index in [1.54, 1.807) is 7.11 Å². The predicted octanol–water partition coefficient (Wildman–Crippen LogP) is 1.78. The summed E-state index contributed by atoms with van der Waals surface area (Å²) >= 11 is 0. The third-order valence-corrected chi connectivity index (χ3v) is 3.44. The Labute approximate surface area is 73.3 Å². The Kier molecular flexibility index (Phi) is 2.18. The molecular weight excluding hydrogens is 152 g/mol. The van der Waals surface area contributed by atoms with E-state index in [0.717, 1.165) is 18.8 Å². The van der Waals surface area contributed by atoms with Crippen molar-refractivity contribution in [2.45, 2.75) is 38.2 Å². The molecule has 2 aliphatic carbocycles. The SMILES string of the molecule is COC1C[C@@H]2CCC[C@H]2CC1=O. The van der Waals surface area contributed by atoms with E-state index < -0.39 is 0 Å². The molecule has 0 aliphatic heterocycles. The van der Waals surface area contributed by atoms with Crippen LogP contribution in [-0.4, -0.2) is 19.0 Å². The molecule has 0 amide bonds. The average molecular weight is 168 g/mol. The second-order valence-electron chi connectivity index (χ2n) is 4.08. The summed E-state index contributed by atoms with van der Waals surface area (Å²) in [6.07, 6.45) is 5.59. The Bertz CT molecular complexity index is 188. The van der Waals surface area contributed by atoms with Crippen LogP contribution in [-0.2, 0) is 9.53 Å². The van der Waals surface area contributed by atoms with Gasteiger partial charge in [-0.15, -0.1) is 0 Å². The zero-order valence-electron chi connectivity index (χ0n) is 7.58. The second-order valence-corrected chi connectivity index (χ2v) is 4.08. The van der Waals surface area contributed by atoms with Gasteiger partial charge < -0.3 is 4.74 Å². The maximum atomic E-state index is 11.4. The third kappa shape index (κ3) is 1.28. The van der Waals surface area contributed by atoms with Crippen molar-refractivity contribution in [3.8, 4) is 0 Å². The van der Waals surface area contributed by atoms with Crippen molar-refractivity contribution < 1.29 is 9.53 Å². The van der Waals surface area contributed by atoms with Crippen molar-refractivity contribution in [2.75, 3.05) is 7.11 Å². The Balaban J connectivity index is 2.03. The van der Waals surface area contributed by atoms with Crippen LogP contribution >= 0.6 is 0 Å². The molecule has 2 aliphatic rings. The van der Waals surface area contributed by atoms with Crippen molar-refractivity contribution in [3.63, 3.8) is 0 Å². The maximum absolute atomic E-state index is 11.4. The van der Waals surface area contributed by atoms with Gasteiger partial charge in [-0.1, -0.05) is 12.8 Å². The zero-order chi connectivity index (χ0) is 8.55. The highest BCUT2D eigenvalue weighted by Gasteiger charge is 2.38. The quantitative estimate of drug-likeness (QED) is 0.596. The lowest BCUT2D eigenvalue weighted by atomic mass is 9.79. The van der Waals surface area contributed by atoms with Gasteiger partial charge in [-0.3, -0.25) is 4.79 Å². The lowest BCUT2D eigenvalue weighted by Crippen LogP contribution is -2.34. The summed E-state index contributed by atoms with van der Waals surface area (Å²) in [7, 11) is 1.65. The lowest BCUT2D eigenvalue weighted by Gasteiger charge is -2.29. The van der Waals surface area contributed by atoms with Gasteiger partial charge in [0.1, 0.15) is 6.10 Å². The van der Waals surface area contributed by atoms with E-state index in [-0.39, 0.29) is 6.10 Å². The van der Waals surface area contributed by atoms with Crippen molar-refractivity contribution >= 4 is 5.78 Å². The molecule has 2 nitrogen and oxygen atoms in total. The van der Waals surface area contributed by atoms with Crippen LogP contribution in [0.3, 0.4) is 0 Å². The van der Waals surface area contributed by atoms with Crippen LogP contribution in [0.4, 0.5) is 0 Å². The average Bonchev–Trinajstić information content (AvgIpc) is 2.49. The largest absolute Gasteiger partial charge is 0.374 e. The van der Waals surface area contributed by atoms with E-state index in [2.05, 4.69) is 0 Å². The number of hydrogen-bond donors (Lipinski definition) is 0. The summed E-state index contributed by atoms with van der Waals surface area (Å²) in [5.74, 6) is 1.82. The molecule has 2 heteroatoms. The van der Waals surface area contributed by atoms with E-state index >= 15 is 0 Å². The molecule has 0 aromatic rings. The van der Waals surface area contributed by atoms with Crippen molar-refractivity contribution in [1.29, 1.82) is 0 Å². The first-order valence-corrected chi connectivity index (χ1v) is 4.86. The first-order chi connectivity index (χ1) is 5.81. The van der Waals surface area contributed by atoms with Crippen LogP contribution in [0.25, 0.3) is 0 Å². The minimum atomic E-state index is -0.0793. The third-order valence-electron chi connectivity index (χ3n) is 3.44. The van der Waals surface area contributed by atoms with E-state index in [4.69, 9.17) is 4.74 Å². The van der Waals surface area contributed by atoms with Gasteiger partial charge in [0.05, 0.1) is 0 Å². The smallest absolute Gasteiger partial charge is 0.161 e. The molecule has 1 unspecified atom stereocenters. The minimum absolute atomic E-state index is 0.0793. The molecular formula is C10H16O2. The number of rotatable bonds is 1. The van der Waals surface area contributed by atoms with Crippen molar-refractivity contribution in [3.05, 3.63) is 0 Å². The van der Waals surface area contributed by atoms with Crippen LogP contribution in [0, 0.1) is 11.8 Å². The van der Waals surface area contributed by atoms with Crippen molar-refractivity contribution in [1.82, 2.24) is 0 Å². The Hall–Kier alpha value is -0.370. The fourth-order valence-corrected chi connectivity index (χ4v) is 2.72. The van der Waals surface area contributed by atoms with Gasteiger partial charge in [-0.05, 0) is 24.7 Å². The van der Waals surface area contributed by atoms with Gasteiger partial charge in [0.2, 0.25) is 0 Å². The fraction of sp³-hybridized carbons (Fsp3) is 0.900. The first-order valence-electron chi connectivity index (χ1n) is 4.86. The summed E-state index contributed by atoms with van der Waals surface area (Å²) in [6.45, 7) is 0. The Morgan fingerprint density at radius 1 is 1.33 bits per heavy atom. The molecule has 0 saturated heterocycles.